The van der Waals surface area contributed by atoms with E-state index in [0.717, 1.165) is 5.56 Å². The van der Waals surface area contributed by atoms with Crippen LogP contribution in [0.2, 0.25) is 0 Å². The van der Waals surface area contributed by atoms with Crippen LogP contribution < -0.4 is 5.32 Å². The van der Waals surface area contributed by atoms with Gasteiger partial charge in [0.1, 0.15) is 11.6 Å². The van der Waals surface area contributed by atoms with Crippen LogP contribution in [0.4, 0.5) is 4.79 Å². The minimum atomic E-state index is -0.794. The van der Waals surface area contributed by atoms with E-state index < -0.39 is 23.7 Å². The van der Waals surface area contributed by atoms with E-state index in [2.05, 4.69) is 11.9 Å². The molecule has 0 aliphatic carbocycles. The molecule has 1 unspecified atom stereocenters. The highest BCUT2D eigenvalue weighted by molar-refractivity contribution is 5.81. The van der Waals surface area contributed by atoms with Crippen molar-refractivity contribution in [1.82, 2.24) is 5.32 Å². The molecule has 0 heterocycles. The minimum absolute atomic E-state index is 0.240. The molecule has 0 fully saturated rings. The van der Waals surface area contributed by atoms with Gasteiger partial charge in [0, 0.05) is 6.42 Å². The van der Waals surface area contributed by atoms with Gasteiger partial charge >= 0.3 is 12.1 Å². The van der Waals surface area contributed by atoms with E-state index >= 15 is 0 Å². The second-order valence-electron chi connectivity index (χ2n) is 6.13. The van der Waals surface area contributed by atoms with Crippen LogP contribution in [-0.2, 0) is 20.7 Å². The van der Waals surface area contributed by atoms with Gasteiger partial charge in [0.2, 0.25) is 0 Å². The third-order valence-electron chi connectivity index (χ3n) is 2.82. The number of nitrogens with one attached hydrogen (secondary N) is 1. The third-order valence-corrected chi connectivity index (χ3v) is 2.82. The predicted molar refractivity (Wildman–Crippen MR) is 89.1 cm³/mol. The summed E-state index contributed by atoms with van der Waals surface area (Å²) in [6, 6.07) is 8.63. The molecule has 0 bridgehead atoms. The van der Waals surface area contributed by atoms with Crippen molar-refractivity contribution in [3.8, 4) is 0 Å². The Hall–Kier alpha value is -2.30. The van der Waals surface area contributed by atoms with Crippen molar-refractivity contribution in [1.29, 1.82) is 0 Å². The number of rotatable bonds is 7. The van der Waals surface area contributed by atoms with Crippen molar-refractivity contribution in [3.63, 3.8) is 0 Å². The number of benzene rings is 1. The average Bonchev–Trinajstić information content (AvgIpc) is 2.46. The van der Waals surface area contributed by atoms with Gasteiger partial charge in [-0.3, -0.25) is 0 Å². The average molecular weight is 319 g/mol. The quantitative estimate of drug-likeness (QED) is 0.476. The zero-order valence-electron chi connectivity index (χ0n) is 14.0. The molecule has 0 aliphatic rings. The van der Waals surface area contributed by atoms with Crippen molar-refractivity contribution in [2.75, 3.05) is 6.61 Å². The van der Waals surface area contributed by atoms with E-state index in [-0.39, 0.29) is 6.61 Å². The second-order valence-corrected chi connectivity index (χ2v) is 6.13. The SMILES string of the molecule is C=CCCOC(=O)C(Cc1ccccc1)NC(=O)OC(C)(C)C. The zero-order chi connectivity index (χ0) is 17.3. The molecule has 1 N–H and O–H groups in total. The van der Waals surface area contributed by atoms with Gasteiger partial charge in [-0.05, 0) is 32.8 Å². The first-order chi connectivity index (χ1) is 10.8. The number of alkyl carbamates (subject to hydrolysis) is 1. The van der Waals surface area contributed by atoms with Crippen molar-refractivity contribution in [3.05, 3.63) is 48.6 Å². The molecule has 0 saturated carbocycles. The highest BCUT2D eigenvalue weighted by atomic mass is 16.6. The standard InChI is InChI=1S/C18H25NO4/c1-5-6-12-22-16(20)15(13-14-10-8-7-9-11-14)19-17(21)23-18(2,3)4/h5,7-11,15H,1,6,12-13H2,2-4H3,(H,19,21). The van der Waals surface area contributed by atoms with Crippen LogP contribution in [0.15, 0.2) is 43.0 Å². The zero-order valence-corrected chi connectivity index (χ0v) is 14.0. The molecule has 1 aromatic carbocycles. The summed E-state index contributed by atoms with van der Waals surface area (Å²) in [4.78, 5) is 24.1. The maximum absolute atomic E-state index is 12.2. The van der Waals surface area contributed by atoms with E-state index in [1.807, 2.05) is 30.3 Å². The molecule has 1 aromatic rings. The van der Waals surface area contributed by atoms with Gasteiger partial charge in [0.05, 0.1) is 6.61 Å². The summed E-state index contributed by atoms with van der Waals surface area (Å²) in [6.45, 7) is 9.11. The smallest absolute Gasteiger partial charge is 0.408 e. The summed E-state index contributed by atoms with van der Waals surface area (Å²) < 4.78 is 10.4. The number of carbonyl (C=O) groups is 2. The van der Waals surface area contributed by atoms with Gasteiger partial charge in [0.15, 0.2) is 0 Å². The lowest BCUT2D eigenvalue weighted by Crippen LogP contribution is -2.45. The van der Waals surface area contributed by atoms with Crippen LogP contribution in [0.1, 0.15) is 32.8 Å². The topological polar surface area (TPSA) is 64.6 Å². The summed E-state index contributed by atoms with van der Waals surface area (Å²) in [5.74, 6) is -0.485. The number of amides is 1. The van der Waals surface area contributed by atoms with Crippen molar-refractivity contribution in [2.45, 2.75) is 45.3 Å². The first-order valence-electron chi connectivity index (χ1n) is 7.63. The highest BCUT2D eigenvalue weighted by Crippen LogP contribution is 2.09. The Bertz CT molecular complexity index is 520. The molecule has 1 rings (SSSR count). The molecule has 23 heavy (non-hydrogen) atoms. The summed E-state index contributed by atoms with van der Waals surface area (Å²) in [5, 5.41) is 2.59. The molecule has 0 spiro atoms. The lowest BCUT2D eigenvalue weighted by Gasteiger charge is -2.23. The normalized spacial score (nSPS) is 12.1. The van der Waals surface area contributed by atoms with E-state index in [0.29, 0.717) is 12.8 Å². The lowest BCUT2D eigenvalue weighted by molar-refractivity contribution is -0.146. The summed E-state index contributed by atoms with van der Waals surface area (Å²) in [5.41, 5.74) is 0.294. The molecule has 5 nitrogen and oxygen atoms in total. The van der Waals surface area contributed by atoms with Crippen LogP contribution >= 0.6 is 0 Å². The van der Waals surface area contributed by atoms with Crippen LogP contribution in [0.3, 0.4) is 0 Å². The fourth-order valence-electron chi connectivity index (χ4n) is 1.84. The second kappa shape index (κ2) is 8.98. The summed E-state index contributed by atoms with van der Waals surface area (Å²) in [6.07, 6.45) is 1.93. The van der Waals surface area contributed by atoms with E-state index in [9.17, 15) is 9.59 Å². The van der Waals surface area contributed by atoms with Gasteiger partial charge in [-0.15, -0.1) is 6.58 Å². The molecular formula is C18H25NO4. The molecule has 126 valence electrons. The van der Waals surface area contributed by atoms with E-state index in [4.69, 9.17) is 9.47 Å². The Labute approximate surface area is 137 Å². The van der Waals surface area contributed by atoms with Crippen molar-refractivity contribution < 1.29 is 19.1 Å². The Kier molecular flexibility index (Phi) is 7.32. The van der Waals surface area contributed by atoms with Gasteiger partial charge in [-0.1, -0.05) is 36.4 Å². The van der Waals surface area contributed by atoms with Crippen LogP contribution in [0.25, 0.3) is 0 Å². The third kappa shape index (κ3) is 8.04. The number of hydrogen-bond donors (Lipinski definition) is 1. The predicted octanol–water partition coefficient (Wildman–Crippen LogP) is 3.24. The van der Waals surface area contributed by atoms with E-state index in [1.165, 1.54) is 0 Å². The molecule has 0 saturated heterocycles. The molecule has 0 aromatic heterocycles. The highest BCUT2D eigenvalue weighted by Gasteiger charge is 2.25. The first-order valence-corrected chi connectivity index (χ1v) is 7.63. The number of esters is 1. The van der Waals surface area contributed by atoms with E-state index in [1.54, 1.807) is 26.8 Å². The Balaban J connectivity index is 2.73. The Morgan fingerprint density at radius 1 is 1.26 bits per heavy atom. The van der Waals surface area contributed by atoms with Gasteiger partial charge < -0.3 is 14.8 Å². The summed E-state index contributed by atoms with van der Waals surface area (Å²) in [7, 11) is 0. The van der Waals surface area contributed by atoms with Crippen LogP contribution in [-0.4, -0.2) is 30.3 Å². The number of carbonyl (C=O) groups excluding carboxylic acids is 2. The van der Waals surface area contributed by atoms with Gasteiger partial charge in [0.25, 0.3) is 0 Å². The Morgan fingerprint density at radius 3 is 2.48 bits per heavy atom. The van der Waals surface area contributed by atoms with Gasteiger partial charge in [-0.2, -0.15) is 0 Å². The molecule has 0 aliphatic heterocycles. The molecular weight excluding hydrogens is 294 g/mol. The largest absolute Gasteiger partial charge is 0.464 e. The molecule has 1 amide bonds. The first kappa shape index (κ1) is 18.7. The fourth-order valence-corrected chi connectivity index (χ4v) is 1.84. The maximum Gasteiger partial charge on any atom is 0.408 e. The van der Waals surface area contributed by atoms with Crippen LogP contribution in [0, 0.1) is 0 Å². The van der Waals surface area contributed by atoms with Crippen LogP contribution in [0.5, 0.6) is 0 Å². The molecule has 0 radical (unpaired) electrons. The monoisotopic (exact) mass is 319 g/mol. The summed E-state index contributed by atoms with van der Waals surface area (Å²) >= 11 is 0. The van der Waals surface area contributed by atoms with Crippen molar-refractivity contribution in [2.24, 2.45) is 0 Å². The fraction of sp³-hybridized carbons (Fsp3) is 0.444. The van der Waals surface area contributed by atoms with Gasteiger partial charge in [-0.25, -0.2) is 9.59 Å². The molecule has 5 heteroatoms. The number of hydrogen-bond acceptors (Lipinski definition) is 4. The lowest BCUT2D eigenvalue weighted by atomic mass is 10.1. The molecule has 1 atom stereocenters. The minimum Gasteiger partial charge on any atom is -0.464 e. The van der Waals surface area contributed by atoms with Crippen molar-refractivity contribution >= 4 is 12.1 Å². The Morgan fingerprint density at radius 2 is 1.91 bits per heavy atom. The maximum atomic E-state index is 12.2. The number of ether oxygens (including phenoxy) is 2.